The fourth-order valence-corrected chi connectivity index (χ4v) is 2.57. The predicted octanol–water partition coefficient (Wildman–Crippen LogP) is 1.92. The van der Waals surface area contributed by atoms with E-state index in [1.54, 1.807) is 6.21 Å². The molecule has 5 N–H and O–H groups in total. The van der Waals surface area contributed by atoms with Gasteiger partial charge in [-0.25, -0.2) is 5.43 Å². The van der Waals surface area contributed by atoms with Gasteiger partial charge in [-0.05, 0) is 11.6 Å². The van der Waals surface area contributed by atoms with E-state index in [0.29, 0.717) is 0 Å². The van der Waals surface area contributed by atoms with Gasteiger partial charge >= 0.3 is 0 Å². The van der Waals surface area contributed by atoms with Gasteiger partial charge in [0.05, 0.1) is 6.21 Å². The number of benzene rings is 2. The summed E-state index contributed by atoms with van der Waals surface area (Å²) in [6.45, 7) is 0.742. The number of hydrazine groups is 1. The van der Waals surface area contributed by atoms with Crippen molar-refractivity contribution in [1.82, 2.24) is 15.3 Å². The molecular weight excluding hydrogens is 320 g/mol. The lowest BCUT2D eigenvalue weighted by Gasteiger charge is -2.05. The van der Waals surface area contributed by atoms with E-state index in [1.165, 1.54) is 5.56 Å². The van der Waals surface area contributed by atoms with E-state index >= 15 is 0 Å². The number of para-hydroxylation sites is 1. The first-order chi connectivity index (χ1) is 12.1. The van der Waals surface area contributed by atoms with Crippen molar-refractivity contribution in [2.75, 3.05) is 0 Å². The Labute approximate surface area is 144 Å². The number of aromatic nitrogens is 1. The first-order valence-corrected chi connectivity index (χ1v) is 7.56. The Morgan fingerprint density at radius 2 is 1.84 bits per heavy atom. The zero-order valence-electron chi connectivity index (χ0n) is 13.3. The molecule has 25 heavy (non-hydrogen) atoms. The van der Waals surface area contributed by atoms with Crippen molar-refractivity contribution in [3.8, 4) is 0 Å². The Kier molecular flexibility index (Phi) is 5.05. The average Bonchev–Trinajstić information content (AvgIpc) is 2.93. The highest BCUT2D eigenvalue weighted by atomic mass is 16.8. The fraction of sp³-hybridized carbons (Fsp3) is 0.0588. The summed E-state index contributed by atoms with van der Waals surface area (Å²) in [5.41, 5.74) is 10.5. The summed E-state index contributed by atoms with van der Waals surface area (Å²) in [6, 6.07) is 18.2. The first kappa shape index (κ1) is 16.7. The molecule has 0 aliphatic heterocycles. The van der Waals surface area contributed by atoms with Crippen LogP contribution in [0.3, 0.4) is 0 Å². The van der Waals surface area contributed by atoms with Crippen LogP contribution in [0.15, 0.2) is 71.0 Å². The van der Waals surface area contributed by atoms with E-state index in [1.807, 2.05) is 54.1 Å². The molecule has 0 atom stereocenters. The Morgan fingerprint density at radius 3 is 2.60 bits per heavy atom. The van der Waals surface area contributed by atoms with Crippen LogP contribution in [0.25, 0.3) is 10.9 Å². The van der Waals surface area contributed by atoms with Crippen LogP contribution in [0.4, 0.5) is 0 Å². The molecule has 8 heteroatoms. The van der Waals surface area contributed by atoms with Gasteiger partial charge in [-0.2, -0.15) is 5.10 Å². The maximum Gasteiger partial charge on any atom is 0.232 e. The van der Waals surface area contributed by atoms with Gasteiger partial charge < -0.3 is 10.3 Å². The smallest absolute Gasteiger partial charge is 0.232 e. The van der Waals surface area contributed by atoms with Crippen molar-refractivity contribution < 1.29 is 10.4 Å². The summed E-state index contributed by atoms with van der Waals surface area (Å²) in [7, 11) is 0. The number of rotatable bonds is 5. The number of nitrogens with two attached hydrogens (primary N) is 1. The highest BCUT2D eigenvalue weighted by Crippen LogP contribution is 2.21. The van der Waals surface area contributed by atoms with Crippen molar-refractivity contribution >= 4 is 23.1 Å². The van der Waals surface area contributed by atoms with Gasteiger partial charge in [0.2, 0.25) is 5.96 Å². The fourth-order valence-electron chi connectivity index (χ4n) is 2.57. The molecule has 0 amide bonds. The van der Waals surface area contributed by atoms with Crippen molar-refractivity contribution in [2.24, 2.45) is 15.9 Å². The zero-order valence-corrected chi connectivity index (χ0v) is 13.3. The molecule has 0 saturated heterocycles. The lowest BCUT2D eigenvalue weighted by Crippen LogP contribution is -2.41. The molecule has 0 unspecified atom stereocenters. The molecule has 0 radical (unpaired) electrons. The minimum absolute atomic E-state index is 0.255. The van der Waals surface area contributed by atoms with Crippen LogP contribution >= 0.6 is 0 Å². The molecule has 0 fully saturated rings. The minimum Gasteiger partial charge on any atom is -0.367 e. The standard InChI is InChI=1S/C17H18N6O2/c18-17(21-23(24)25)20-19-10-14-12-22(11-13-6-2-1-3-7-13)16-9-5-4-8-15(14)16/h1-10,12,24-25H,11H2,(H3,18,20,21). The monoisotopic (exact) mass is 338 g/mol. The molecule has 0 saturated carbocycles. The summed E-state index contributed by atoms with van der Waals surface area (Å²) in [5, 5.41) is 25.4. The lowest BCUT2D eigenvalue weighted by atomic mass is 10.2. The van der Waals surface area contributed by atoms with E-state index in [-0.39, 0.29) is 11.3 Å². The van der Waals surface area contributed by atoms with Crippen molar-refractivity contribution in [2.45, 2.75) is 6.54 Å². The molecule has 0 spiro atoms. The first-order valence-electron chi connectivity index (χ1n) is 7.56. The molecule has 0 aliphatic carbocycles. The third-order valence-corrected chi connectivity index (χ3v) is 3.59. The van der Waals surface area contributed by atoms with E-state index < -0.39 is 0 Å². The molecule has 1 aromatic heterocycles. The topological polar surface area (TPSA) is 111 Å². The van der Waals surface area contributed by atoms with E-state index in [4.69, 9.17) is 16.1 Å². The van der Waals surface area contributed by atoms with E-state index in [9.17, 15) is 0 Å². The molecule has 128 valence electrons. The molecule has 0 bridgehead atoms. The van der Waals surface area contributed by atoms with Crippen LogP contribution in [0.5, 0.6) is 0 Å². The zero-order chi connectivity index (χ0) is 17.6. The van der Waals surface area contributed by atoms with Gasteiger partial charge in [-0.1, -0.05) is 48.5 Å². The summed E-state index contributed by atoms with van der Waals surface area (Å²) in [6.07, 6.45) is 3.56. The van der Waals surface area contributed by atoms with Crippen LogP contribution in [-0.2, 0) is 6.54 Å². The molecular formula is C17H18N6O2. The molecule has 1 heterocycles. The quantitative estimate of drug-likeness (QED) is 0.323. The normalized spacial score (nSPS) is 12.4. The SMILES string of the molecule is NC(=NN=Cc1cn(Cc2ccccc2)c2ccccc12)NN(O)O. The number of fused-ring (bicyclic) bond motifs is 1. The number of guanidine groups is 1. The lowest BCUT2D eigenvalue weighted by molar-refractivity contribution is -0.329. The summed E-state index contributed by atoms with van der Waals surface area (Å²) < 4.78 is 2.14. The summed E-state index contributed by atoms with van der Waals surface area (Å²) in [4.78, 5) is 0. The van der Waals surface area contributed by atoms with Crippen LogP contribution in [0.1, 0.15) is 11.1 Å². The van der Waals surface area contributed by atoms with Crippen molar-refractivity contribution in [3.05, 3.63) is 71.9 Å². The minimum atomic E-state index is -0.292. The Morgan fingerprint density at radius 1 is 1.12 bits per heavy atom. The predicted molar refractivity (Wildman–Crippen MR) is 95.2 cm³/mol. The third kappa shape index (κ3) is 4.21. The maximum atomic E-state index is 8.59. The van der Waals surface area contributed by atoms with Gasteiger partial charge in [0.25, 0.3) is 0 Å². The Bertz CT molecular complexity index is 902. The van der Waals surface area contributed by atoms with Gasteiger partial charge in [-0.15, -0.1) is 5.10 Å². The highest BCUT2D eigenvalue weighted by Gasteiger charge is 2.07. The average molecular weight is 338 g/mol. The number of nitrogens with one attached hydrogen (secondary N) is 1. The van der Waals surface area contributed by atoms with Crippen molar-refractivity contribution in [3.63, 3.8) is 0 Å². The number of hydrogen-bond donors (Lipinski definition) is 4. The van der Waals surface area contributed by atoms with Gasteiger partial charge in [0.15, 0.2) is 0 Å². The van der Waals surface area contributed by atoms with Crippen LogP contribution in [-0.4, -0.2) is 32.5 Å². The maximum absolute atomic E-state index is 8.59. The Hall–Kier alpha value is -3.20. The van der Waals surface area contributed by atoms with Gasteiger partial charge in [0.1, 0.15) is 0 Å². The second-order valence-corrected chi connectivity index (χ2v) is 5.35. The summed E-state index contributed by atoms with van der Waals surface area (Å²) >= 11 is 0. The van der Waals surface area contributed by atoms with Crippen molar-refractivity contribution in [1.29, 1.82) is 0 Å². The molecule has 2 aromatic carbocycles. The molecule has 0 aliphatic rings. The van der Waals surface area contributed by atoms with E-state index in [0.717, 1.165) is 23.0 Å². The van der Waals surface area contributed by atoms with Gasteiger partial charge in [-0.3, -0.25) is 10.4 Å². The highest BCUT2D eigenvalue weighted by molar-refractivity contribution is 5.99. The molecule has 8 nitrogen and oxygen atoms in total. The Balaban J connectivity index is 1.89. The van der Waals surface area contributed by atoms with Crippen LogP contribution in [0, 0.1) is 0 Å². The summed E-state index contributed by atoms with van der Waals surface area (Å²) in [5.74, 6) is -0.255. The number of hydrogen-bond acceptors (Lipinski definition) is 5. The second kappa shape index (κ2) is 7.58. The van der Waals surface area contributed by atoms with Crippen LogP contribution < -0.4 is 11.2 Å². The van der Waals surface area contributed by atoms with E-state index in [2.05, 4.69) is 26.9 Å². The molecule has 3 rings (SSSR count). The van der Waals surface area contributed by atoms with Crippen LogP contribution in [0.2, 0.25) is 0 Å². The largest absolute Gasteiger partial charge is 0.367 e. The molecule has 3 aromatic rings. The number of nitrogens with zero attached hydrogens (tertiary/aromatic N) is 4. The second-order valence-electron chi connectivity index (χ2n) is 5.35. The van der Waals surface area contributed by atoms with Gasteiger partial charge in [0, 0.05) is 34.5 Å². The third-order valence-electron chi connectivity index (χ3n) is 3.59.